The maximum absolute atomic E-state index is 2.41. The highest BCUT2D eigenvalue weighted by molar-refractivity contribution is 6.16. The second-order valence-electron chi connectivity index (χ2n) is 16.0. The summed E-state index contributed by atoms with van der Waals surface area (Å²) in [4.78, 5) is 4.79. The highest BCUT2D eigenvalue weighted by atomic mass is 15.2. The van der Waals surface area contributed by atoms with Gasteiger partial charge in [-0.3, -0.25) is 0 Å². The van der Waals surface area contributed by atoms with Crippen molar-refractivity contribution in [3.63, 3.8) is 0 Å². The molecule has 1 atom stereocenters. The Morgan fingerprint density at radius 3 is 1.51 bits per heavy atom. The molecule has 1 heterocycles. The molecule has 1 unspecified atom stereocenters. The Bertz CT molecular complexity index is 2780. The molecule has 59 heavy (non-hydrogen) atoms. The van der Waals surface area contributed by atoms with Crippen LogP contribution in [0.15, 0.2) is 206 Å². The minimum absolute atomic E-state index is 0.218. The van der Waals surface area contributed by atoms with Crippen LogP contribution in [-0.2, 0) is 0 Å². The molecule has 0 aliphatic heterocycles. The molecule has 8 aromatic carbocycles. The first kappa shape index (κ1) is 36.5. The van der Waals surface area contributed by atoms with Gasteiger partial charge in [-0.05, 0) is 126 Å². The fourth-order valence-electron chi connectivity index (χ4n) is 9.42. The van der Waals surface area contributed by atoms with Gasteiger partial charge in [0.1, 0.15) is 0 Å². The Balaban J connectivity index is 0.974. The highest BCUT2D eigenvalue weighted by Crippen LogP contribution is 2.44. The number of aromatic nitrogens is 1. The van der Waals surface area contributed by atoms with Gasteiger partial charge in [-0.2, -0.15) is 0 Å². The fraction of sp³-hybridized carbons (Fsp3) is 0.143. The Morgan fingerprint density at radius 1 is 0.424 bits per heavy atom. The molecule has 0 N–H and O–H groups in total. The maximum Gasteiger partial charge on any atom is 0.0562 e. The summed E-state index contributed by atoms with van der Waals surface area (Å²) < 4.78 is 2.39. The first-order valence-electron chi connectivity index (χ1n) is 21.3. The lowest BCUT2D eigenvalue weighted by atomic mass is 9.84. The van der Waals surface area contributed by atoms with Gasteiger partial charge < -0.3 is 14.4 Å². The first-order chi connectivity index (χ1) is 29.2. The Labute approximate surface area is 348 Å². The molecule has 1 aromatic heterocycles. The van der Waals surface area contributed by atoms with Crippen LogP contribution >= 0.6 is 0 Å². The molecule has 1 saturated carbocycles. The van der Waals surface area contributed by atoms with E-state index < -0.39 is 0 Å². The van der Waals surface area contributed by atoms with Crippen LogP contribution in [-0.4, -0.2) is 4.57 Å². The Hall–Kier alpha value is -6.84. The minimum Gasteiger partial charge on any atom is -0.311 e. The largest absolute Gasteiger partial charge is 0.311 e. The van der Waals surface area contributed by atoms with Gasteiger partial charge >= 0.3 is 0 Å². The van der Waals surface area contributed by atoms with Gasteiger partial charge in [-0.15, -0.1) is 0 Å². The zero-order valence-corrected chi connectivity index (χ0v) is 33.7. The maximum atomic E-state index is 2.41. The summed E-state index contributed by atoms with van der Waals surface area (Å²) in [5, 5.41) is 2.47. The van der Waals surface area contributed by atoms with Gasteiger partial charge in [-0.25, -0.2) is 0 Å². The van der Waals surface area contributed by atoms with Crippen LogP contribution in [0, 0.1) is 0 Å². The lowest BCUT2D eigenvalue weighted by Gasteiger charge is -2.28. The van der Waals surface area contributed by atoms with Crippen molar-refractivity contribution in [2.24, 2.45) is 0 Å². The second-order valence-corrected chi connectivity index (χ2v) is 16.0. The van der Waals surface area contributed by atoms with E-state index >= 15 is 0 Å². The molecular formula is C56H49N3. The van der Waals surface area contributed by atoms with E-state index in [1.807, 2.05) is 0 Å². The predicted octanol–water partition coefficient (Wildman–Crippen LogP) is 15.9. The highest BCUT2D eigenvalue weighted by Gasteiger charge is 2.22. The smallest absolute Gasteiger partial charge is 0.0562 e. The number of hydrogen-bond donors (Lipinski definition) is 0. The summed E-state index contributed by atoms with van der Waals surface area (Å²) in [7, 11) is 0. The number of anilines is 6. The van der Waals surface area contributed by atoms with Crippen molar-refractivity contribution in [1.29, 1.82) is 0 Å². The third kappa shape index (κ3) is 7.08. The van der Waals surface area contributed by atoms with Crippen LogP contribution in [0.1, 0.15) is 67.6 Å². The van der Waals surface area contributed by atoms with E-state index in [9.17, 15) is 0 Å². The van der Waals surface area contributed by atoms with Crippen molar-refractivity contribution in [3.8, 4) is 5.69 Å². The third-order valence-corrected chi connectivity index (χ3v) is 12.5. The molecular weight excluding hydrogens is 715 g/mol. The molecule has 0 radical (unpaired) electrons. The number of para-hydroxylation sites is 4. The number of benzene rings is 8. The fourth-order valence-corrected chi connectivity index (χ4v) is 9.42. The van der Waals surface area contributed by atoms with Crippen molar-refractivity contribution in [1.82, 2.24) is 4.57 Å². The molecule has 0 amide bonds. The van der Waals surface area contributed by atoms with E-state index in [-0.39, 0.29) is 5.92 Å². The lowest BCUT2D eigenvalue weighted by molar-refractivity contribution is 0.443. The van der Waals surface area contributed by atoms with Gasteiger partial charge in [0.25, 0.3) is 0 Å². The monoisotopic (exact) mass is 763 g/mol. The van der Waals surface area contributed by atoms with E-state index in [1.165, 1.54) is 76.3 Å². The van der Waals surface area contributed by atoms with Crippen LogP contribution in [0.2, 0.25) is 0 Å². The van der Waals surface area contributed by atoms with Crippen molar-refractivity contribution in [3.05, 3.63) is 223 Å². The number of hydrogen-bond acceptors (Lipinski definition) is 2. The molecule has 3 nitrogen and oxygen atoms in total. The van der Waals surface area contributed by atoms with Crippen LogP contribution < -0.4 is 9.80 Å². The first-order valence-corrected chi connectivity index (χ1v) is 21.3. The molecule has 10 rings (SSSR count). The quantitative estimate of drug-likeness (QED) is 0.137. The second kappa shape index (κ2) is 16.2. The Kier molecular flexibility index (Phi) is 10.0. The van der Waals surface area contributed by atoms with Crippen molar-refractivity contribution in [2.75, 3.05) is 9.80 Å². The van der Waals surface area contributed by atoms with E-state index in [0.29, 0.717) is 5.92 Å². The molecule has 9 aromatic rings. The molecule has 0 saturated heterocycles. The predicted molar refractivity (Wildman–Crippen MR) is 250 cm³/mol. The van der Waals surface area contributed by atoms with Gasteiger partial charge in [0.2, 0.25) is 0 Å². The molecule has 1 aliphatic carbocycles. The summed E-state index contributed by atoms with van der Waals surface area (Å²) in [6.45, 7) is 2.32. The zero-order chi connectivity index (χ0) is 39.5. The minimum atomic E-state index is 0.218. The summed E-state index contributed by atoms with van der Waals surface area (Å²) in [5.41, 5.74) is 14.5. The SMILES string of the molecule is CC(c1ccc(N(c2ccccc2)c2ccc(C3CCCCC3)cc2)cc1)c1ccc(N(c2ccccc2)c2cccc3c2c2ccccc2n3-c2ccccc2)cc1. The molecule has 288 valence electrons. The number of nitrogens with zero attached hydrogens (tertiary/aromatic N) is 3. The molecule has 0 spiro atoms. The average molecular weight is 764 g/mol. The van der Waals surface area contributed by atoms with Crippen molar-refractivity contribution >= 4 is 55.9 Å². The van der Waals surface area contributed by atoms with Crippen molar-refractivity contribution < 1.29 is 0 Å². The van der Waals surface area contributed by atoms with E-state index in [2.05, 4.69) is 228 Å². The van der Waals surface area contributed by atoms with Gasteiger partial charge in [-0.1, -0.05) is 141 Å². The van der Waals surface area contributed by atoms with Crippen LogP contribution in [0.5, 0.6) is 0 Å². The summed E-state index contributed by atoms with van der Waals surface area (Å²) >= 11 is 0. The van der Waals surface area contributed by atoms with E-state index in [1.54, 1.807) is 0 Å². The standard InChI is InChI=1S/C56H49N3/c1-41(42-29-35-49(36-30-42)57(46-19-8-3-9-20-46)50-39-33-45(34-40-50)44-17-6-2-7-18-44)43-31-37-51(38-32-43)58(47-21-10-4-11-22-47)54-27-16-28-55-56(54)52-25-14-15-26-53(52)59(55)48-23-12-5-13-24-48/h3-5,8-16,19-41,44H,2,6-7,17-18H2,1H3. The van der Waals surface area contributed by atoms with Crippen LogP contribution in [0.3, 0.4) is 0 Å². The molecule has 0 bridgehead atoms. The number of rotatable bonds is 10. The van der Waals surface area contributed by atoms with Gasteiger partial charge in [0.15, 0.2) is 0 Å². The van der Waals surface area contributed by atoms with Gasteiger partial charge in [0.05, 0.1) is 16.7 Å². The molecule has 1 aliphatic rings. The van der Waals surface area contributed by atoms with Crippen LogP contribution in [0.25, 0.3) is 27.5 Å². The van der Waals surface area contributed by atoms with Crippen molar-refractivity contribution in [2.45, 2.75) is 50.9 Å². The van der Waals surface area contributed by atoms with E-state index in [0.717, 1.165) is 34.1 Å². The third-order valence-electron chi connectivity index (χ3n) is 12.5. The Morgan fingerprint density at radius 2 is 0.898 bits per heavy atom. The lowest BCUT2D eigenvalue weighted by Crippen LogP contribution is -2.11. The summed E-state index contributed by atoms with van der Waals surface area (Å²) in [6.07, 6.45) is 6.70. The molecule has 3 heteroatoms. The number of fused-ring (bicyclic) bond motifs is 3. The van der Waals surface area contributed by atoms with E-state index in [4.69, 9.17) is 0 Å². The summed E-state index contributed by atoms with van der Waals surface area (Å²) in [6, 6.07) is 75.4. The molecule has 1 fully saturated rings. The van der Waals surface area contributed by atoms with Crippen LogP contribution in [0.4, 0.5) is 34.1 Å². The summed E-state index contributed by atoms with van der Waals surface area (Å²) in [5.74, 6) is 0.914. The topological polar surface area (TPSA) is 11.4 Å². The van der Waals surface area contributed by atoms with Gasteiger partial charge in [0, 0.05) is 50.8 Å². The average Bonchev–Trinajstić information content (AvgIpc) is 3.66. The zero-order valence-electron chi connectivity index (χ0n) is 33.7. The normalized spacial score (nSPS) is 13.7.